The van der Waals surface area contributed by atoms with Crippen molar-refractivity contribution in [2.45, 2.75) is 30.8 Å². The van der Waals surface area contributed by atoms with Crippen LogP contribution in [0.4, 0.5) is 0 Å². The van der Waals surface area contributed by atoms with Gasteiger partial charge in [-0.05, 0) is 36.1 Å². The number of carbonyl (C=O) groups is 1. The highest BCUT2D eigenvalue weighted by Crippen LogP contribution is 2.45. The number of hydrogen-bond acceptors (Lipinski definition) is 4. The number of rotatable bonds is 3. The van der Waals surface area contributed by atoms with E-state index in [2.05, 4.69) is 5.10 Å². The Morgan fingerprint density at radius 1 is 1.07 bits per heavy atom. The summed E-state index contributed by atoms with van der Waals surface area (Å²) >= 11 is 6.33. The second-order valence-corrected chi connectivity index (χ2v) is 8.23. The van der Waals surface area contributed by atoms with Crippen LogP contribution >= 0.6 is 11.6 Å². The Hall–Kier alpha value is -3.12. The summed E-state index contributed by atoms with van der Waals surface area (Å²) in [6.07, 6.45) is 2.78. The van der Waals surface area contributed by atoms with Gasteiger partial charge in [-0.15, -0.1) is 0 Å². The van der Waals surface area contributed by atoms with Crippen molar-refractivity contribution in [1.82, 2.24) is 14.7 Å². The molecule has 1 saturated heterocycles. The molecule has 0 spiro atoms. The first-order valence-corrected chi connectivity index (χ1v) is 10.4. The predicted octanol–water partition coefficient (Wildman–Crippen LogP) is 3.59. The summed E-state index contributed by atoms with van der Waals surface area (Å²) in [5.41, 5.74) is 1.36. The number of carbonyl (C=O) groups excluding carboxylic acids is 1. The summed E-state index contributed by atoms with van der Waals surface area (Å²) < 4.78 is 1.56. The van der Waals surface area contributed by atoms with Gasteiger partial charge in [-0.2, -0.15) is 5.10 Å². The lowest BCUT2D eigenvalue weighted by Gasteiger charge is -2.42. The third-order valence-corrected chi connectivity index (χ3v) is 6.37. The van der Waals surface area contributed by atoms with Crippen LogP contribution in [0, 0.1) is 0 Å². The second-order valence-electron chi connectivity index (χ2n) is 7.79. The highest BCUT2D eigenvalue weighted by Gasteiger charge is 2.48. The first-order valence-electron chi connectivity index (χ1n) is 9.98. The summed E-state index contributed by atoms with van der Waals surface area (Å²) in [5.74, 6) is -1.05. The Kier molecular flexibility index (Phi) is 4.59. The lowest BCUT2D eigenvalue weighted by Crippen LogP contribution is -2.50. The number of amides is 1. The molecule has 0 aliphatic carbocycles. The van der Waals surface area contributed by atoms with Crippen LogP contribution in [0.3, 0.4) is 0 Å². The Labute approximate surface area is 178 Å². The van der Waals surface area contributed by atoms with Crippen molar-refractivity contribution in [1.29, 1.82) is 0 Å². The monoisotopic (exact) mass is 421 g/mol. The molecule has 6 nitrogen and oxygen atoms in total. The summed E-state index contributed by atoms with van der Waals surface area (Å²) in [6.45, 7) is 0.597. The number of aromatic hydroxyl groups is 1. The number of nitrogens with zero attached hydrogens (tertiary/aromatic N) is 3. The van der Waals surface area contributed by atoms with Crippen LogP contribution in [0.1, 0.15) is 46.4 Å². The minimum atomic E-state index is -0.648. The molecule has 0 unspecified atom stereocenters. The third-order valence-electron chi connectivity index (χ3n) is 6.13. The van der Waals surface area contributed by atoms with Crippen LogP contribution in [-0.2, 0) is 0 Å². The Morgan fingerprint density at radius 2 is 1.83 bits per heavy atom. The van der Waals surface area contributed by atoms with E-state index in [-0.39, 0.29) is 29.6 Å². The van der Waals surface area contributed by atoms with E-state index in [0.717, 1.165) is 30.2 Å². The molecular weight excluding hydrogens is 402 g/mol. The Balaban J connectivity index is 1.78. The number of aromatic nitrogens is 2. The maximum Gasteiger partial charge on any atom is 0.276 e. The highest BCUT2D eigenvalue weighted by molar-refractivity contribution is 6.30. The molecule has 5 rings (SSSR count). The van der Waals surface area contributed by atoms with Gasteiger partial charge in [0.15, 0.2) is 11.4 Å². The van der Waals surface area contributed by atoms with E-state index < -0.39 is 11.2 Å². The minimum Gasteiger partial charge on any atom is -0.502 e. The maximum atomic E-state index is 13.1. The number of benzene rings is 2. The van der Waals surface area contributed by atoms with Gasteiger partial charge < -0.3 is 10.0 Å². The van der Waals surface area contributed by atoms with Crippen LogP contribution in [0.2, 0.25) is 5.02 Å². The predicted molar refractivity (Wildman–Crippen MR) is 113 cm³/mol. The third kappa shape index (κ3) is 2.91. The van der Waals surface area contributed by atoms with E-state index in [1.807, 2.05) is 54.6 Å². The molecular formula is C23H20ClN3O3. The van der Waals surface area contributed by atoms with Gasteiger partial charge in [0.05, 0.1) is 18.3 Å². The smallest absolute Gasteiger partial charge is 0.276 e. The number of halogens is 1. The highest BCUT2D eigenvalue weighted by atomic mass is 35.5. The van der Waals surface area contributed by atoms with Crippen molar-refractivity contribution >= 4 is 17.5 Å². The normalized spacial score (nSPS) is 21.2. The molecule has 2 aromatic carbocycles. The topological polar surface area (TPSA) is 75.4 Å². The van der Waals surface area contributed by atoms with E-state index in [1.54, 1.807) is 9.58 Å². The van der Waals surface area contributed by atoms with Gasteiger partial charge in [0, 0.05) is 17.5 Å². The fraction of sp³-hybridized carbons (Fsp3) is 0.261. The SMILES string of the molecule is O=C1c2c(O)c(=O)cnn2[C@H]([C@@H](c2ccccc2)c2cccc(Cl)c2)[C@@H]2CCCN12. The fourth-order valence-electron chi connectivity index (χ4n) is 4.89. The van der Waals surface area contributed by atoms with E-state index in [9.17, 15) is 14.7 Å². The fourth-order valence-corrected chi connectivity index (χ4v) is 5.09. The van der Waals surface area contributed by atoms with Gasteiger partial charge in [0.25, 0.3) is 5.91 Å². The van der Waals surface area contributed by atoms with Crippen molar-refractivity contribution < 1.29 is 9.90 Å². The van der Waals surface area contributed by atoms with Crippen LogP contribution in [0.15, 0.2) is 65.6 Å². The first-order chi connectivity index (χ1) is 14.6. The summed E-state index contributed by atoms with van der Waals surface area (Å²) in [7, 11) is 0. The first kappa shape index (κ1) is 18.9. The van der Waals surface area contributed by atoms with Crippen LogP contribution in [0.5, 0.6) is 5.75 Å². The van der Waals surface area contributed by atoms with Crippen molar-refractivity contribution in [3.05, 3.63) is 92.9 Å². The molecule has 2 aliphatic rings. The zero-order valence-corrected chi connectivity index (χ0v) is 16.9. The molecule has 30 heavy (non-hydrogen) atoms. The number of fused-ring (bicyclic) bond motifs is 2. The molecule has 152 valence electrons. The Morgan fingerprint density at radius 3 is 2.60 bits per heavy atom. The van der Waals surface area contributed by atoms with Gasteiger partial charge >= 0.3 is 0 Å². The van der Waals surface area contributed by atoms with Crippen molar-refractivity contribution in [2.24, 2.45) is 0 Å². The quantitative estimate of drug-likeness (QED) is 0.701. The van der Waals surface area contributed by atoms with E-state index in [0.29, 0.717) is 11.6 Å². The van der Waals surface area contributed by atoms with Crippen molar-refractivity contribution in [3.8, 4) is 5.75 Å². The molecule has 1 fully saturated rings. The molecule has 0 saturated carbocycles. The van der Waals surface area contributed by atoms with Gasteiger partial charge in [0.1, 0.15) is 0 Å². The van der Waals surface area contributed by atoms with Crippen LogP contribution in [0.25, 0.3) is 0 Å². The lowest BCUT2D eigenvalue weighted by atomic mass is 9.80. The molecule has 0 radical (unpaired) electrons. The second kappa shape index (κ2) is 7.29. The molecule has 1 N–H and O–H groups in total. The lowest BCUT2D eigenvalue weighted by molar-refractivity contribution is 0.0565. The molecule has 2 aliphatic heterocycles. The zero-order chi connectivity index (χ0) is 20.8. The minimum absolute atomic E-state index is 0.0337. The largest absolute Gasteiger partial charge is 0.502 e. The molecule has 3 aromatic rings. The molecule has 0 bridgehead atoms. The average molecular weight is 422 g/mol. The van der Waals surface area contributed by atoms with Crippen molar-refractivity contribution in [3.63, 3.8) is 0 Å². The molecule has 3 heterocycles. The molecule has 1 aromatic heterocycles. The van der Waals surface area contributed by atoms with Crippen LogP contribution in [-0.4, -0.2) is 38.3 Å². The Bertz CT molecular complexity index is 1180. The maximum absolute atomic E-state index is 13.1. The van der Waals surface area contributed by atoms with Gasteiger partial charge in [-0.25, -0.2) is 0 Å². The van der Waals surface area contributed by atoms with E-state index >= 15 is 0 Å². The van der Waals surface area contributed by atoms with Crippen LogP contribution < -0.4 is 5.43 Å². The standard InChI is InChI=1S/C23H20ClN3O3/c24-16-9-4-8-15(12-16)19(14-6-2-1-3-7-14)20-17-10-5-11-26(17)23(30)21-22(29)18(28)13-25-27(20)21/h1-4,6-9,12-13,17,19-20,29H,5,10-11H2/t17-,19-,20-/m0/s1. The molecule has 3 atom stereocenters. The van der Waals surface area contributed by atoms with E-state index in [1.165, 1.54) is 0 Å². The average Bonchev–Trinajstić information content (AvgIpc) is 3.24. The summed E-state index contributed by atoms with van der Waals surface area (Å²) in [5, 5.41) is 15.4. The number of hydrogen-bond donors (Lipinski definition) is 1. The van der Waals surface area contributed by atoms with Crippen molar-refractivity contribution in [2.75, 3.05) is 6.54 Å². The molecule has 1 amide bonds. The summed E-state index contributed by atoms with van der Waals surface area (Å²) in [6, 6.07) is 17.3. The zero-order valence-electron chi connectivity index (χ0n) is 16.1. The van der Waals surface area contributed by atoms with Gasteiger partial charge in [-0.1, -0.05) is 54.1 Å². The van der Waals surface area contributed by atoms with Gasteiger partial charge in [0.2, 0.25) is 5.43 Å². The molecule has 7 heteroatoms. The van der Waals surface area contributed by atoms with Gasteiger partial charge in [-0.3, -0.25) is 14.3 Å². The summed E-state index contributed by atoms with van der Waals surface area (Å²) in [4.78, 5) is 27.0. The van der Waals surface area contributed by atoms with E-state index in [4.69, 9.17) is 11.6 Å².